The van der Waals surface area contributed by atoms with Crippen LogP contribution in [0.2, 0.25) is 0 Å². The van der Waals surface area contributed by atoms with Crippen molar-refractivity contribution in [2.45, 2.75) is 13.2 Å². The van der Waals surface area contributed by atoms with Crippen LogP contribution in [0, 0.1) is 0 Å². The zero-order chi connectivity index (χ0) is 13.1. The molecule has 0 aliphatic carbocycles. The van der Waals surface area contributed by atoms with Gasteiger partial charge in [0.05, 0.1) is 15.6 Å². The SMILES string of the molecule is Cn1cnnc1COc1c(Br)cc(CO)cc1Br. The van der Waals surface area contributed by atoms with E-state index in [0.29, 0.717) is 12.4 Å². The lowest BCUT2D eigenvalue weighted by Gasteiger charge is -2.11. The molecule has 0 amide bonds. The molecule has 1 aromatic heterocycles. The number of aromatic nitrogens is 3. The molecule has 0 saturated carbocycles. The van der Waals surface area contributed by atoms with Crippen molar-refractivity contribution in [3.05, 3.63) is 38.8 Å². The van der Waals surface area contributed by atoms with Gasteiger partial charge in [0.1, 0.15) is 18.7 Å². The van der Waals surface area contributed by atoms with E-state index in [9.17, 15) is 0 Å². The van der Waals surface area contributed by atoms with E-state index in [4.69, 9.17) is 9.84 Å². The Kier molecular flexibility index (Phi) is 4.36. The number of halogens is 2. The van der Waals surface area contributed by atoms with Gasteiger partial charge in [-0.1, -0.05) is 0 Å². The standard InChI is InChI=1S/C11H11Br2N3O2/c1-16-6-14-15-10(16)5-18-11-8(12)2-7(4-17)3-9(11)13/h2-3,6,17H,4-5H2,1H3. The summed E-state index contributed by atoms with van der Waals surface area (Å²) in [7, 11) is 1.86. The second-order valence-electron chi connectivity index (χ2n) is 3.69. The second-order valence-corrected chi connectivity index (χ2v) is 5.40. The van der Waals surface area contributed by atoms with Gasteiger partial charge in [0.2, 0.25) is 0 Å². The van der Waals surface area contributed by atoms with Gasteiger partial charge in [-0.2, -0.15) is 0 Å². The van der Waals surface area contributed by atoms with Crippen molar-refractivity contribution in [2.24, 2.45) is 7.05 Å². The number of hydrogen-bond donors (Lipinski definition) is 1. The van der Waals surface area contributed by atoms with Gasteiger partial charge < -0.3 is 14.4 Å². The third-order valence-electron chi connectivity index (χ3n) is 2.39. The van der Waals surface area contributed by atoms with Gasteiger partial charge in [-0.3, -0.25) is 0 Å². The second kappa shape index (κ2) is 5.81. The van der Waals surface area contributed by atoms with Crippen LogP contribution in [0.3, 0.4) is 0 Å². The summed E-state index contributed by atoms with van der Waals surface area (Å²) in [4.78, 5) is 0. The molecule has 7 heteroatoms. The molecule has 0 bridgehead atoms. The summed E-state index contributed by atoms with van der Waals surface area (Å²) < 4.78 is 9.05. The van der Waals surface area contributed by atoms with Crippen LogP contribution in [0.15, 0.2) is 27.4 Å². The van der Waals surface area contributed by atoms with Crippen LogP contribution in [-0.2, 0) is 20.3 Å². The van der Waals surface area contributed by atoms with Crippen LogP contribution in [-0.4, -0.2) is 19.9 Å². The van der Waals surface area contributed by atoms with Crippen LogP contribution < -0.4 is 4.74 Å². The van der Waals surface area contributed by atoms with Crippen molar-refractivity contribution in [3.8, 4) is 5.75 Å². The summed E-state index contributed by atoms with van der Waals surface area (Å²) in [5.41, 5.74) is 0.805. The molecule has 18 heavy (non-hydrogen) atoms. The Morgan fingerprint density at radius 2 is 2.00 bits per heavy atom. The molecule has 1 aromatic carbocycles. The van der Waals surface area contributed by atoms with Crippen LogP contribution >= 0.6 is 31.9 Å². The number of rotatable bonds is 4. The summed E-state index contributed by atoms with van der Waals surface area (Å²) in [5, 5.41) is 16.8. The summed E-state index contributed by atoms with van der Waals surface area (Å²) in [6.07, 6.45) is 1.62. The third-order valence-corrected chi connectivity index (χ3v) is 3.57. The normalized spacial score (nSPS) is 10.7. The zero-order valence-electron chi connectivity index (χ0n) is 9.60. The molecule has 0 spiro atoms. The highest BCUT2D eigenvalue weighted by Crippen LogP contribution is 2.35. The maximum Gasteiger partial charge on any atom is 0.170 e. The van der Waals surface area contributed by atoms with Crippen LogP contribution in [0.5, 0.6) is 5.75 Å². The van der Waals surface area contributed by atoms with Gasteiger partial charge in [0.25, 0.3) is 0 Å². The summed E-state index contributed by atoms with van der Waals surface area (Å²) in [5.74, 6) is 1.41. The highest BCUT2D eigenvalue weighted by atomic mass is 79.9. The van der Waals surface area contributed by atoms with Gasteiger partial charge in [0, 0.05) is 7.05 Å². The van der Waals surface area contributed by atoms with Crippen molar-refractivity contribution in [1.82, 2.24) is 14.8 Å². The number of nitrogens with zero attached hydrogens (tertiary/aromatic N) is 3. The van der Waals surface area contributed by atoms with Crippen LogP contribution in [0.25, 0.3) is 0 Å². The number of benzene rings is 1. The van der Waals surface area contributed by atoms with Crippen LogP contribution in [0.4, 0.5) is 0 Å². The molecule has 2 rings (SSSR count). The van der Waals surface area contributed by atoms with Gasteiger partial charge in [-0.25, -0.2) is 0 Å². The third kappa shape index (κ3) is 2.90. The Morgan fingerprint density at radius 3 is 2.50 bits per heavy atom. The summed E-state index contributed by atoms with van der Waals surface area (Å²) in [6.45, 7) is 0.312. The quantitative estimate of drug-likeness (QED) is 0.890. The van der Waals surface area contributed by atoms with Crippen molar-refractivity contribution in [1.29, 1.82) is 0 Å². The molecule has 0 aliphatic rings. The predicted molar refractivity (Wildman–Crippen MR) is 73.1 cm³/mol. The average Bonchev–Trinajstić information content (AvgIpc) is 2.73. The molecule has 5 nitrogen and oxygen atoms in total. The van der Waals surface area contributed by atoms with E-state index in [1.165, 1.54) is 0 Å². The molecule has 96 valence electrons. The molecule has 0 radical (unpaired) electrons. The molecular formula is C11H11Br2N3O2. The van der Waals surface area contributed by atoms with Gasteiger partial charge in [-0.05, 0) is 49.6 Å². The minimum absolute atomic E-state index is 0.0131. The van der Waals surface area contributed by atoms with E-state index in [1.807, 2.05) is 19.2 Å². The summed E-state index contributed by atoms with van der Waals surface area (Å²) >= 11 is 6.83. The molecule has 1 N–H and O–H groups in total. The Bertz CT molecular complexity index is 534. The fraction of sp³-hybridized carbons (Fsp3) is 0.273. The highest BCUT2D eigenvalue weighted by molar-refractivity contribution is 9.11. The Morgan fingerprint density at radius 1 is 1.33 bits per heavy atom. The fourth-order valence-electron chi connectivity index (χ4n) is 1.42. The number of aliphatic hydroxyl groups is 1. The van der Waals surface area contributed by atoms with E-state index in [-0.39, 0.29) is 6.61 Å². The first-order valence-corrected chi connectivity index (χ1v) is 6.75. The van der Waals surface area contributed by atoms with Gasteiger partial charge >= 0.3 is 0 Å². The van der Waals surface area contributed by atoms with Crippen molar-refractivity contribution in [2.75, 3.05) is 0 Å². The van der Waals surface area contributed by atoms with Crippen molar-refractivity contribution >= 4 is 31.9 Å². The van der Waals surface area contributed by atoms with Gasteiger partial charge in [-0.15, -0.1) is 10.2 Å². The van der Waals surface area contributed by atoms with Crippen molar-refractivity contribution in [3.63, 3.8) is 0 Å². The topological polar surface area (TPSA) is 60.2 Å². The molecule has 1 heterocycles. The molecule has 0 unspecified atom stereocenters. The maximum absolute atomic E-state index is 9.09. The minimum Gasteiger partial charge on any atom is -0.483 e. The zero-order valence-corrected chi connectivity index (χ0v) is 12.8. The monoisotopic (exact) mass is 375 g/mol. The first-order chi connectivity index (χ1) is 8.61. The molecule has 0 aliphatic heterocycles. The Hall–Kier alpha value is -0.920. The maximum atomic E-state index is 9.09. The highest BCUT2D eigenvalue weighted by Gasteiger charge is 2.10. The molecule has 0 atom stereocenters. The smallest absolute Gasteiger partial charge is 0.170 e. The van der Waals surface area contributed by atoms with E-state index in [1.54, 1.807) is 10.9 Å². The van der Waals surface area contributed by atoms with Crippen LogP contribution in [0.1, 0.15) is 11.4 Å². The predicted octanol–water partition coefficient (Wildman–Crippen LogP) is 2.41. The lowest BCUT2D eigenvalue weighted by molar-refractivity contribution is 0.278. The Labute approximate surface area is 121 Å². The van der Waals surface area contributed by atoms with E-state index < -0.39 is 0 Å². The first kappa shape index (κ1) is 13.5. The van der Waals surface area contributed by atoms with Gasteiger partial charge in [0.15, 0.2) is 5.82 Å². The lowest BCUT2D eigenvalue weighted by atomic mass is 10.2. The molecule has 0 fully saturated rings. The number of hydrogen-bond acceptors (Lipinski definition) is 4. The molecular weight excluding hydrogens is 366 g/mol. The fourth-order valence-corrected chi connectivity index (χ4v) is 2.93. The average molecular weight is 377 g/mol. The number of aryl methyl sites for hydroxylation is 1. The molecule has 2 aromatic rings. The number of ether oxygens (including phenoxy) is 1. The Balaban J connectivity index is 2.17. The van der Waals surface area contributed by atoms with E-state index in [2.05, 4.69) is 42.1 Å². The summed E-state index contributed by atoms with van der Waals surface area (Å²) in [6, 6.07) is 3.63. The van der Waals surface area contributed by atoms with E-state index in [0.717, 1.165) is 20.3 Å². The van der Waals surface area contributed by atoms with E-state index >= 15 is 0 Å². The lowest BCUT2D eigenvalue weighted by Crippen LogP contribution is -2.04. The largest absolute Gasteiger partial charge is 0.483 e. The first-order valence-electron chi connectivity index (χ1n) is 5.16. The molecule has 0 saturated heterocycles. The minimum atomic E-state index is -0.0131. The van der Waals surface area contributed by atoms with Crippen molar-refractivity contribution < 1.29 is 9.84 Å². The number of aliphatic hydroxyl groups excluding tert-OH is 1.